The van der Waals surface area contributed by atoms with E-state index in [9.17, 15) is 5.11 Å². The second-order valence-electron chi connectivity index (χ2n) is 7.88. The highest BCUT2D eigenvalue weighted by molar-refractivity contribution is 4.83. The van der Waals surface area contributed by atoms with E-state index in [0.717, 1.165) is 38.4 Å². The van der Waals surface area contributed by atoms with Crippen LogP contribution in [0.2, 0.25) is 0 Å². The Kier molecular flexibility index (Phi) is 5.88. The quantitative estimate of drug-likeness (QED) is 0.841. The van der Waals surface area contributed by atoms with Crippen LogP contribution in [-0.4, -0.2) is 48.5 Å². The average molecular weight is 283 g/mol. The maximum Gasteiger partial charge on any atom is 0.0900 e. The Hall–Kier alpha value is -0.120. The third-order valence-corrected chi connectivity index (χ3v) is 4.79. The zero-order valence-electron chi connectivity index (χ0n) is 13.6. The first kappa shape index (κ1) is 16.3. The Labute approximate surface area is 124 Å². The zero-order valence-corrected chi connectivity index (χ0v) is 13.6. The van der Waals surface area contributed by atoms with Crippen molar-refractivity contribution in [3.05, 3.63) is 0 Å². The van der Waals surface area contributed by atoms with Crippen LogP contribution in [0.5, 0.6) is 0 Å². The van der Waals surface area contributed by atoms with Crippen LogP contribution >= 0.6 is 0 Å². The van der Waals surface area contributed by atoms with Crippen LogP contribution < -0.4 is 0 Å². The molecule has 2 fully saturated rings. The van der Waals surface area contributed by atoms with Crippen LogP contribution in [0.25, 0.3) is 0 Å². The predicted octanol–water partition coefficient (Wildman–Crippen LogP) is 3.06. The number of nitrogens with zero attached hydrogens (tertiary/aromatic N) is 1. The van der Waals surface area contributed by atoms with Crippen molar-refractivity contribution in [1.82, 2.24) is 4.90 Å². The first-order valence-corrected chi connectivity index (χ1v) is 8.47. The number of aliphatic hydroxyl groups is 1. The molecule has 1 aliphatic carbocycles. The highest BCUT2D eigenvalue weighted by Crippen LogP contribution is 2.39. The van der Waals surface area contributed by atoms with Crippen LogP contribution in [-0.2, 0) is 4.74 Å². The highest BCUT2D eigenvalue weighted by atomic mass is 16.5. The van der Waals surface area contributed by atoms with Crippen molar-refractivity contribution in [2.45, 2.75) is 71.5 Å². The van der Waals surface area contributed by atoms with E-state index < -0.39 is 0 Å². The predicted molar refractivity (Wildman–Crippen MR) is 82.8 cm³/mol. The zero-order chi connectivity index (χ0) is 14.6. The third-order valence-electron chi connectivity index (χ3n) is 4.79. The van der Waals surface area contributed by atoms with E-state index in [4.69, 9.17) is 4.74 Å². The van der Waals surface area contributed by atoms with Crippen LogP contribution in [0.15, 0.2) is 0 Å². The van der Waals surface area contributed by atoms with Crippen molar-refractivity contribution in [2.75, 3.05) is 26.2 Å². The second-order valence-corrected chi connectivity index (χ2v) is 7.88. The number of hydrogen-bond donors (Lipinski definition) is 1. The maximum absolute atomic E-state index is 10.2. The Bertz CT molecular complexity index is 287. The Balaban J connectivity index is 1.68. The summed E-state index contributed by atoms with van der Waals surface area (Å²) in [7, 11) is 0. The van der Waals surface area contributed by atoms with Gasteiger partial charge in [0.2, 0.25) is 0 Å². The van der Waals surface area contributed by atoms with E-state index in [1.807, 2.05) is 0 Å². The molecule has 20 heavy (non-hydrogen) atoms. The van der Waals surface area contributed by atoms with E-state index >= 15 is 0 Å². The number of ether oxygens (including phenoxy) is 1. The molecule has 0 unspecified atom stereocenters. The van der Waals surface area contributed by atoms with Crippen LogP contribution in [0.4, 0.5) is 0 Å². The molecule has 0 radical (unpaired) electrons. The van der Waals surface area contributed by atoms with Gasteiger partial charge in [-0.05, 0) is 56.5 Å². The van der Waals surface area contributed by atoms with Gasteiger partial charge in [0.15, 0.2) is 0 Å². The summed E-state index contributed by atoms with van der Waals surface area (Å²) in [6, 6.07) is 0. The molecule has 118 valence electrons. The minimum atomic E-state index is -0.326. The Morgan fingerprint density at radius 3 is 2.55 bits per heavy atom. The molecule has 1 saturated carbocycles. The summed E-state index contributed by atoms with van der Waals surface area (Å²) in [4.78, 5) is 2.38. The lowest BCUT2D eigenvalue weighted by atomic mass is 9.71. The summed E-state index contributed by atoms with van der Waals surface area (Å²) in [6.07, 6.45) is 7.50. The third kappa shape index (κ3) is 5.34. The van der Waals surface area contributed by atoms with Gasteiger partial charge in [-0.1, -0.05) is 27.2 Å². The molecule has 0 amide bonds. The van der Waals surface area contributed by atoms with Crippen molar-refractivity contribution in [2.24, 2.45) is 11.3 Å². The van der Waals surface area contributed by atoms with Gasteiger partial charge in [-0.25, -0.2) is 0 Å². The van der Waals surface area contributed by atoms with Gasteiger partial charge in [0.1, 0.15) is 0 Å². The normalized spacial score (nSPS) is 33.0. The SMILES string of the molecule is C[C@@H]1C[C@H](OC[C@@H](O)CN2CCCCC2)CC(C)(C)C1. The van der Waals surface area contributed by atoms with Crippen molar-refractivity contribution in [3.8, 4) is 0 Å². The lowest BCUT2D eigenvalue weighted by Gasteiger charge is -2.39. The minimum absolute atomic E-state index is 0.326. The molecule has 0 spiro atoms. The number of rotatable bonds is 5. The molecule has 1 aliphatic heterocycles. The topological polar surface area (TPSA) is 32.7 Å². The minimum Gasteiger partial charge on any atom is -0.389 e. The van der Waals surface area contributed by atoms with Gasteiger partial charge in [0.25, 0.3) is 0 Å². The summed E-state index contributed by atoms with van der Waals surface area (Å²) in [5.74, 6) is 0.739. The molecule has 2 aliphatic rings. The summed E-state index contributed by atoms with van der Waals surface area (Å²) in [5.41, 5.74) is 0.389. The van der Waals surface area contributed by atoms with Gasteiger partial charge in [0, 0.05) is 6.54 Å². The lowest BCUT2D eigenvalue weighted by Crippen LogP contribution is -2.40. The van der Waals surface area contributed by atoms with E-state index in [1.165, 1.54) is 25.7 Å². The van der Waals surface area contributed by atoms with Crippen molar-refractivity contribution in [3.63, 3.8) is 0 Å². The van der Waals surface area contributed by atoms with E-state index in [1.54, 1.807) is 0 Å². The van der Waals surface area contributed by atoms with Crippen molar-refractivity contribution in [1.29, 1.82) is 0 Å². The van der Waals surface area contributed by atoms with Gasteiger partial charge < -0.3 is 14.7 Å². The number of likely N-dealkylation sites (tertiary alicyclic amines) is 1. The molecule has 1 saturated heterocycles. The van der Waals surface area contributed by atoms with E-state index in [-0.39, 0.29) is 6.10 Å². The summed E-state index contributed by atoms with van der Waals surface area (Å²) < 4.78 is 6.02. The smallest absolute Gasteiger partial charge is 0.0900 e. The van der Waals surface area contributed by atoms with Gasteiger partial charge in [0.05, 0.1) is 18.8 Å². The summed E-state index contributed by atoms with van der Waals surface area (Å²) in [5, 5.41) is 10.2. The average Bonchev–Trinajstić information content (AvgIpc) is 2.35. The molecule has 0 aromatic rings. The second kappa shape index (κ2) is 7.24. The molecule has 0 aromatic heterocycles. The monoisotopic (exact) mass is 283 g/mol. The van der Waals surface area contributed by atoms with Crippen LogP contribution in [0, 0.1) is 11.3 Å². The molecule has 3 atom stereocenters. The number of aliphatic hydroxyl groups excluding tert-OH is 1. The Morgan fingerprint density at radius 1 is 1.20 bits per heavy atom. The molecule has 3 heteroatoms. The standard InChI is InChI=1S/C17H33NO2/c1-14-9-16(11-17(2,3)10-14)20-13-15(19)12-18-7-5-4-6-8-18/h14-16,19H,4-13H2,1-3H3/t14-,15+,16+/m1/s1. The fourth-order valence-electron chi connectivity index (χ4n) is 4.13. The first-order chi connectivity index (χ1) is 9.44. The molecule has 1 heterocycles. The fraction of sp³-hybridized carbons (Fsp3) is 1.00. The number of β-amino-alcohol motifs (C(OH)–C–C–N with tert-alkyl or cyclic N) is 1. The van der Waals surface area contributed by atoms with Gasteiger partial charge in [-0.2, -0.15) is 0 Å². The molecule has 1 N–H and O–H groups in total. The maximum atomic E-state index is 10.2. The number of piperidine rings is 1. The van der Waals surface area contributed by atoms with E-state index in [0.29, 0.717) is 18.1 Å². The summed E-state index contributed by atoms with van der Waals surface area (Å²) in [6.45, 7) is 10.6. The molecular weight excluding hydrogens is 250 g/mol. The molecule has 2 rings (SSSR count). The van der Waals surface area contributed by atoms with Crippen LogP contribution in [0.3, 0.4) is 0 Å². The molecule has 3 nitrogen and oxygen atoms in total. The van der Waals surface area contributed by atoms with E-state index in [2.05, 4.69) is 25.7 Å². The van der Waals surface area contributed by atoms with Crippen LogP contribution in [0.1, 0.15) is 59.3 Å². The van der Waals surface area contributed by atoms with Gasteiger partial charge >= 0.3 is 0 Å². The summed E-state index contributed by atoms with van der Waals surface area (Å²) >= 11 is 0. The number of hydrogen-bond acceptors (Lipinski definition) is 3. The largest absolute Gasteiger partial charge is 0.389 e. The molecule has 0 aromatic carbocycles. The van der Waals surface area contributed by atoms with Crippen molar-refractivity contribution >= 4 is 0 Å². The first-order valence-electron chi connectivity index (χ1n) is 8.47. The molecular formula is C17H33NO2. The molecule has 0 bridgehead atoms. The Morgan fingerprint density at radius 2 is 1.90 bits per heavy atom. The highest BCUT2D eigenvalue weighted by Gasteiger charge is 2.32. The van der Waals surface area contributed by atoms with Crippen molar-refractivity contribution < 1.29 is 9.84 Å². The van der Waals surface area contributed by atoms with Gasteiger partial charge in [-0.15, -0.1) is 0 Å². The van der Waals surface area contributed by atoms with Gasteiger partial charge in [-0.3, -0.25) is 0 Å². The lowest BCUT2D eigenvalue weighted by molar-refractivity contribution is -0.0621. The fourth-order valence-corrected chi connectivity index (χ4v) is 4.13.